The zero-order chi connectivity index (χ0) is 17.8. The Hall–Kier alpha value is -3.12. The van der Waals surface area contributed by atoms with Crippen molar-refractivity contribution in [1.29, 1.82) is 0 Å². The lowest BCUT2D eigenvalue weighted by molar-refractivity contribution is 0.101. The van der Waals surface area contributed by atoms with E-state index in [1.807, 2.05) is 6.07 Å². The average molecular weight is 356 g/mol. The fraction of sp³-hybridized carbons (Fsp3) is 0.0556. The number of amides is 1. The van der Waals surface area contributed by atoms with Crippen LogP contribution in [-0.2, 0) is 0 Å². The molecule has 0 bridgehead atoms. The molecular formula is C18H14ClN3O3. The Morgan fingerprint density at radius 1 is 1.12 bits per heavy atom. The minimum Gasteiger partial charge on any atom is -0.494 e. The fourth-order valence-corrected chi connectivity index (χ4v) is 2.36. The number of nitrogens with one attached hydrogen (secondary N) is 1. The lowest BCUT2D eigenvalue weighted by Gasteiger charge is -2.11. The maximum absolute atomic E-state index is 12.6. The molecule has 0 unspecified atom stereocenters. The number of aromatic nitrogens is 2. The van der Waals surface area contributed by atoms with E-state index in [0.29, 0.717) is 16.4 Å². The van der Waals surface area contributed by atoms with Crippen molar-refractivity contribution in [3.05, 3.63) is 81.7 Å². The monoisotopic (exact) mass is 355 g/mol. The molecule has 2 aromatic carbocycles. The number of halogens is 1. The van der Waals surface area contributed by atoms with Crippen LogP contribution < -0.4 is 15.6 Å². The molecule has 0 aliphatic carbocycles. The summed E-state index contributed by atoms with van der Waals surface area (Å²) in [6, 6.07) is 16.7. The predicted octanol–water partition coefficient (Wildman–Crippen LogP) is 3.15. The van der Waals surface area contributed by atoms with Crippen LogP contribution >= 0.6 is 11.6 Å². The summed E-state index contributed by atoms with van der Waals surface area (Å²) in [5.41, 5.74) is 0.707. The molecular weight excluding hydrogens is 342 g/mol. The summed E-state index contributed by atoms with van der Waals surface area (Å²) in [7, 11) is 1.38. The molecule has 7 heteroatoms. The highest BCUT2D eigenvalue weighted by Crippen LogP contribution is 2.18. The first-order chi connectivity index (χ1) is 12.1. The largest absolute Gasteiger partial charge is 0.494 e. The van der Waals surface area contributed by atoms with Crippen molar-refractivity contribution in [2.45, 2.75) is 0 Å². The van der Waals surface area contributed by atoms with Gasteiger partial charge in [-0.15, -0.1) is 0 Å². The molecule has 126 valence electrons. The van der Waals surface area contributed by atoms with Crippen LogP contribution in [-0.4, -0.2) is 22.8 Å². The Morgan fingerprint density at radius 2 is 1.80 bits per heavy atom. The van der Waals surface area contributed by atoms with Crippen molar-refractivity contribution in [3.8, 4) is 11.4 Å². The van der Waals surface area contributed by atoms with Crippen molar-refractivity contribution in [1.82, 2.24) is 9.78 Å². The topological polar surface area (TPSA) is 73.2 Å². The molecule has 3 rings (SSSR count). The van der Waals surface area contributed by atoms with Crippen molar-refractivity contribution < 1.29 is 9.53 Å². The summed E-state index contributed by atoms with van der Waals surface area (Å²) in [6.45, 7) is 0. The van der Waals surface area contributed by atoms with E-state index >= 15 is 0 Å². The molecule has 1 heterocycles. The number of rotatable bonds is 4. The first-order valence-electron chi connectivity index (χ1n) is 7.39. The number of hydrogen-bond acceptors (Lipinski definition) is 4. The van der Waals surface area contributed by atoms with Crippen molar-refractivity contribution in [3.63, 3.8) is 0 Å². The molecule has 1 N–H and O–H groups in total. The van der Waals surface area contributed by atoms with E-state index in [4.69, 9.17) is 16.3 Å². The Labute approximate surface area is 148 Å². The van der Waals surface area contributed by atoms with Gasteiger partial charge in [-0.25, -0.2) is 0 Å². The van der Waals surface area contributed by atoms with Gasteiger partial charge < -0.3 is 10.1 Å². The van der Waals surface area contributed by atoms with Crippen LogP contribution in [0.4, 0.5) is 5.69 Å². The van der Waals surface area contributed by atoms with E-state index < -0.39 is 11.5 Å². The number of hydrogen-bond donors (Lipinski definition) is 1. The zero-order valence-electron chi connectivity index (χ0n) is 13.3. The summed E-state index contributed by atoms with van der Waals surface area (Å²) >= 11 is 5.84. The number of benzene rings is 2. The molecule has 0 atom stereocenters. The van der Waals surface area contributed by atoms with Gasteiger partial charge in [-0.2, -0.15) is 9.78 Å². The van der Waals surface area contributed by atoms with Gasteiger partial charge in [0.05, 0.1) is 18.9 Å². The number of anilines is 1. The molecule has 0 radical (unpaired) electrons. The maximum atomic E-state index is 12.6. The molecule has 1 amide bonds. The first kappa shape index (κ1) is 16.7. The predicted molar refractivity (Wildman–Crippen MR) is 95.8 cm³/mol. The first-order valence-corrected chi connectivity index (χ1v) is 7.77. The van der Waals surface area contributed by atoms with Gasteiger partial charge in [0.15, 0.2) is 11.4 Å². The average Bonchev–Trinajstić information content (AvgIpc) is 2.64. The van der Waals surface area contributed by atoms with Gasteiger partial charge >= 0.3 is 0 Å². The van der Waals surface area contributed by atoms with Gasteiger partial charge in [-0.05, 0) is 36.4 Å². The van der Waals surface area contributed by atoms with Crippen LogP contribution in [0.5, 0.6) is 5.75 Å². The Morgan fingerprint density at radius 3 is 2.44 bits per heavy atom. The number of carbonyl (C=O) groups is 1. The number of ether oxygens (including phenoxy) is 1. The van der Waals surface area contributed by atoms with E-state index in [9.17, 15) is 9.59 Å². The molecule has 0 aliphatic heterocycles. The minimum atomic E-state index is -0.496. The molecule has 0 spiro atoms. The summed E-state index contributed by atoms with van der Waals surface area (Å²) in [6.07, 6.45) is 0. The van der Waals surface area contributed by atoms with Gasteiger partial charge in [0.2, 0.25) is 0 Å². The Balaban J connectivity index is 2.00. The molecule has 0 saturated heterocycles. The van der Waals surface area contributed by atoms with Gasteiger partial charge in [0.1, 0.15) is 0 Å². The summed E-state index contributed by atoms with van der Waals surface area (Å²) in [5.74, 6) is -0.396. The van der Waals surface area contributed by atoms with E-state index in [2.05, 4.69) is 10.4 Å². The number of methoxy groups -OCH3 is 1. The van der Waals surface area contributed by atoms with E-state index in [1.165, 1.54) is 13.2 Å². The maximum Gasteiger partial charge on any atom is 0.279 e. The number of para-hydroxylation sites is 1. The summed E-state index contributed by atoms with van der Waals surface area (Å²) < 4.78 is 6.29. The van der Waals surface area contributed by atoms with Crippen LogP contribution in [0.3, 0.4) is 0 Å². The van der Waals surface area contributed by atoms with E-state index in [1.54, 1.807) is 48.5 Å². The summed E-state index contributed by atoms with van der Waals surface area (Å²) in [5, 5.41) is 7.43. The van der Waals surface area contributed by atoms with Gasteiger partial charge in [0.25, 0.3) is 11.5 Å². The molecule has 0 aliphatic rings. The van der Waals surface area contributed by atoms with Crippen LogP contribution in [0.1, 0.15) is 10.5 Å². The quantitative estimate of drug-likeness (QED) is 0.780. The highest BCUT2D eigenvalue weighted by molar-refractivity contribution is 6.30. The Bertz CT molecular complexity index is 954. The zero-order valence-corrected chi connectivity index (χ0v) is 14.0. The van der Waals surface area contributed by atoms with Gasteiger partial charge in [-0.3, -0.25) is 9.59 Å². The minimum absolute atomic E-state index is 0.000836. The standard InChI is InChI=1S/C18H14ClN3O3/c1-25-15-11-16(23)22(14-5-3-2-4-6-14)21-17(15)18(24)20-13-9-7-12(19)8-10-13/h2-11H,1H3,(H,20,24). The van der Waals surface area contributed by atoms with Crippen LogP contribution in [0.2, 0.25) is 5.02 Å². The fourth-order valence-electron chi connectivity index (χ4n) is 2.23. The highest BCUT2D eigenvalue weighted by Gasteiger charge is 2.18. The van der Waals surface area contributed by atoms with E-state index in [-0.39, 0.29) is 11.4 Å². The number of nitrogens with zero attached hydrogens (tertiary/aromatic N) is 2. The third kappa shape index (κ3) is 3.70. The second-order valence-corrected chi connectivity index (χ2v) is 5.54. The number of carbonyl (C=O) groups excluding carboxylic acids is 1. The van der Waals surface area contributed by atoms with Crippen molar-refractivity contribution in [2.24, 2.45) is 0 Å². The normalized spacial score (nSPS) is 10.3. The van der Waals surface area contributed by atoms with Crippen LogP contribution in [0, 0.1) is 0 Å². The molecule has 1 aromatic heterocycles. The molecule has 6 nitrogen and oxygen atoms in total. The third-order valence-corrected chi connectivity index (χ3v) is 3.69. The van der Waals surface area contributed by atoms with E-state index in [0.717, 1.165) is 4.68 Å². The molecule has 25 heavy (non-hydrogen) atoms. The SMILES string of the molecule is COc1cc(=O)n(-c2ccccc2)nc1C(=O)Nc1ccc(Cl)cc1. The van der Waals surface area contributed by atoms with Crippen LogP contribution in [0.15, 0.2) is 65.5 Å². The lowest BCUT2D eigenvalue weighted by atomic mass is 10.2. The van der Waals surface area contributed by atoms with Crippen molar-refractivity contribution in [2.75, 3.05) is 12.4 Å². The second-order valence-electron chi connectivity index (χ2n) is 5.11. The molecule has 3 aromatic rings. The van der Waals surface area contributed by atoms with Crippen LogP contribution in [0.25, 0.3) is 5.69 Å². The third-order valence-electron chi connectivity index (χ3n) is 3.43. The highest BCUT2D eigenvalue weighted by atomic mass is 35.5. The smallest absolute Gasteiger partial charge is 0.279 e. The second kappa shape index (κ2) is 7.19. The van der Waals surface area contributed by atoms with Crippen molar-refractivity contribution >= 4 is 23.2 Å². The molecule has 0 saturated carbocycles. The summed E-state index contributed by atoms with van der Waals surface area (Å²) in [4.78, 5) is 24.8. The Kier molecular flexibility index (Phi) is 4.81. The van der Waals surface area contributed by atoms with Gasteiger partial charge in [-0.1, -0.05) is 29.8 Å². The lowest BCUT2D eigenvalue weighted by Crippen LogP contribution is -2.26. The molecule has 0 fully saturated rings. The van der Waals surface area contributed by atoms with Gasteiger partial charge in [0, 0.05) is 10.7 Å².